The van der Waals surface area contributed by atoms with Crippen molar-refractivity contribution in [3.05, 3.63) is 23.8 Å². The summed E-state index contributed by atoms with van der Waals surface area (Å²) < 4.78 is 16.7. The van der Waals surface area contributed by atoms with Crippen LogP contribution in [0.5, 0.6) is 11.5 Å². The minimum atomic E-state index is -0.448. The molecule has 0 aliphatic carbocycles. The normalized spacial score (nSPS) is 15.7. The zero-order valence-corrected chi connectivity index (χ0v) is 12.5. The maximum absolute atomic E-state index is 6.44. The van der Waals surface area contributed by atoms with Crippen molar-refractivity contribution in [3.63, 3.8) is 0 Å². The summed E-state index contributed by atoms with van der Waals surface area (Å²) in [5, 5.41) is 0. The highest BCUT2D eigenvalue weighted by Crippen LogP contribution is 2.40. The second kappa shape index (κ2) is 6.78. The highest BCUT2D eigenvalue weighted by molar-refractivity contribution is 5.47. The summed E-state index contributed by atoms with van der Waals surface area (Å²) in [7, 11) is 3.27. The van der Waals surface area contributed by atoms with Crippen molar-refractivity contribution < 1.29 is 14.2 Å². The summed E-state index contributed by atoms with van der Waals surface area (Å²) in [6.45, 7) is 6.68. The number of methoxy groups -OCH3 is 2. The van der Waals surface area contributed by atoms with Crippen molar-refractivity contribution >= 4 is 0 Å². The predicted molar refractivity (Wildman–Crippen MR) is 76.8 cm³/mol. The Morgan fingerprint density at radius 1 is 1.16 bits per heavy atom. The third-order valence-electron chi connectivity index (χ3n) is 3.61. The summed E-state index contributed by atoms with van der Waals surface area (Å²) in [6.07, 6.45) is 0.809. The second-order valence-corrected chi connectivity index (χ2v) is 4.65. The molecule has 4 heteroatoms. The first-order valence-corrected chi connectivity index (χ1v) is 6.64. The van der Waals surface area contributed by atoms with Gasteiger partial charge in [0, 0.05) is 6.61 Å². The van der Waals surface area contributed by atoms with E-state index in [-0.39, 0.29) is 6.04 Å². The summed E-state index contributed by atoms with van der Waals surface area (Å²) >= 11 is 0. The quantitative estimate of drug-likeness (QED) is 0.825. The van der Waals surface area contributed by atoms with E-state index >= 15 is 0 Å². The molecule has 0 saturated carbocycles. The molecule has 0 saturated heterocycles. The Kier molecular flexibility index (Phi) is 5.63. The van der Waals surface area contributed by atoms with Gasteiger partial charge in [-0.15, -0.1) is 0 Å². The minimum absolute atomic E-state index is 0.316. The molecule has 1 aromatic rings. The molecule has 0 bridgehead atoms. The van der Waals surface area contributed by atoms with Crippen molar-refractivity contribution in [1.82, 2.24) is 0 Å². The first-order chi connectivity index (χ1) is 9.03. The fourth-order valence-corrected chi connectivity index (χ4v) is 2.23. The molecular weight excluding hydrogens is 242 g/mol. The zero-order chi connectivity index (χ0) is 14.5. The van der Waals surface area contributed by atoms with Crippen molar-refractivity contribution in [2.75, 3.05) is 20.8 Å². The van der Waals surface area contributed by atoms with E-state index in [1.807, 2.05) is 32.0 Å². The number of ether oxygens (including phenoxy) is 3. The van der Waals surface area contributed by atoms with E-state index in [1.165, 1.54) is 0 Å². The van der Waals surface area contributed by atoms with Gasteiger partial charge in [-0.3, -0.25) is 0 Å². The largest absolute Gasteiger partial charge is 0.496 e. The topological polar surface area (TPSA) is 53.7 Å². The SMILES string of the molecule is CCOC(C)(CC)C(N)c1c(OC)cccc1OC. The van der Waals surface area contributed by atoms with Gasteiger partial charge in [0.05, 0.1) is 31.4 Å². The van der Waals surface area contributed by atoms with Gasteiger partial charge in [0.1, 0.15) is 11.5 Å². The van der Waals surface area contributed by atoms with Gasteiger partial charge in [-0.05, 0) is 32.4 Å². The van der Waals surface area contributed by atoms with E-state index in [0.29, 0.717) is 6.61 Å². The molecule has 2 unspecified atom stereocenters. The fourth-order valence-electron chi connectivity index (χ4n) is 2.23. The molecule has 0 aliphatic rings. The predicted octanol–water partition coefficient (Wildman–Crippen LogP) is 2.91. The third kappa shape index (κ3) is 3.19. The number of hydrogen-bond acceptors (Lipinski definition) is 4. The van der Waals surface area contributed by atoms with Gasteiger partial charge in [-0.25, -0.2) is 0 Å². The molecule has 0 radical (unpaired) electrons. The molecule has 1 aromatic carbocycles. The smallest absolute Gasteiger partial charge is 0.127 e. The van der Waals surface area contributed by atoms with Crippen LogP contribution >= 0.6 is 0 Å². The summed E-state index contributed by atoms with van der Waals surface area (Å²) in [6, 6.07) is 5.35. The van der Waals surface area contributed by atoms with Crippen LogP contribution in [0.2, 0.25) is 0 Å². The van der Waals surface area contributed by atoms with Crippen LogP contribution < -0.4 is 15.2 Å². The van der Waals surface area contributed by atoms with Crippen LogP contribution in [0, 0.1) is 0 Å². The Morgan fingerprint density at radius 2 is 1.68 bits per heavy atom. The Labute approximate surface area is 115 Å². The molecule has 108 valence electrons. The van der Waals surface area contributed by atoms with Crippen molar-refractivity contribution in [2.45, 2.75) is 38.8 Å². The molecule has 19 heavy (non-hydrogen) atoms. The lowest BCUT2D eigenvalue weighted by Crippen LogP contribution is -2.41. The summed E-state index contributed by atoms with van der Waals surface area (Å²) in [5.41, 5.74) is 6.84. The van der Waals surface area contributed by atoms with E-state index in [2.05, 4.69) is 6.92 Å². The summed E-state index contributed by atoms with van der Waals surface area (Å²) in [5.74, 6) is 1.46. The van der Waals surface area contributed by atoms with E-state index in [4.69, 9.17) is 19.9 Å². The molecule has 1 rings (SSSR count). The van der Waals surface area contributed by atoms with Crippen molar-refractivity contribution in [3.8, 4) is 11.5 Å². The Balaban J connectivity index is 3.26. The van der Waals surface area contributed by atoms with Gasteiger partial charge in [0.25, 0.3) is 0 Å². The van der Waals surface area contributed by atoms with Gasteiger partial charge in [0.2, 0.25) is 0 Å². The molecule has 0 spiro atoms. The van der Waals surface area contributed by atoms with Gasteiger partial charge in [0.15, 0.2) is 0 Å². The molecule has 4 nitrogen and oxygen atoms in total. The Bertz CT molecular complexity index is 386. The minimum Gasteiger partial charge on any atom is -0.496 e. The van der Waals surface area contributed by atoms with Crippen LogP contribution in [0.3, 0.4) is 0 Å². The molecule has 0 aliphatic heterocycles. The average Bonchev–Trinajstić information content (AvgIpc) is 2.45. The third-order valence-corrected chi connectivity index (χ3v) is 3.61. The van der Waals surface area contributed by atoms with Gasteiger partial charge < -0.3 is 19.9 Å². The number of nitrogens with two attached hydrogens (primary N) is 1. The van der Waals surface area contributed by atoms with Crippen LogP contribution in [-0.4, -0.2) is 26.4 Å². The highest BCUT2D eigenvalue weighted by Gasteiger charge is 2.35. The maximum Gasteiger partial charge on any atom is 0.127 e. The average molecular weight is 267 g/mol. The Hall–Kier alpha value is -1.26. The van der Waals surface area contributed by atoms with Crippen LogP contribution in [0.4, 0.5) is 0 Å². The van der Waals surface area contributed by atoms with Crippen molar-refractivity contribution in [1.29, 1.82) is 0 Å². The molecule has 2 atom stereocenters. The second-order valence-electron chi connectivity index (χ2n) is 4.65. The maximum atomic E-state index is 6.44. The first kappa shape index (κ1) is 15.8. The van der Waals surface area contributed by atoms with Crippen LogP contribution in [0.15, 0.2) is 18.2 Å². The van der Waals surface area contributed by atoms with Crippen molar-refractivity contribution in [2.24, 2.45) is 5.73 Å². The van der Waals surface area contributed by atoms with E-state index in [9.17, 15) is 0 Å². The van der Waals surface area contributed by atoms with E-state index in [0.717, 1.165) is 23.5 Å². The zero-order valence-electron chi connectivity index (χ0n) is 12.5. The van der Waals surface area contributed by atoms with Crippen LogP contribution in [0.25, 0.3) is 0 Å². The number of benzene rings is 1. The lowest BCUT2D eigenvalue weighted by Gasteiger charge is -2.35. The molecule has 0 heterocycles. The van der Waals surface area contributed by atoms with E-state index < -0.39 is 5.60 Å². The molecule has 0 fully saturated rings. The Morgan fingerprint density at radius 3 is 2.05 bits per heavy atom. The fraction of sp³-hybridized carbons (Fsp3) is 0.600. The van der Waals surface area contributed by atoms with Gasteiger partial charge in [-0.1, -0.05) is 13.0 Å². The number of hydrogen-bond donors (Lipinski definition) is 1. The van der Waals surface area contributed by atoms with E-state index in [1.54, 1.807) is 14.2 Å². The highest BCUT2D eigenvalue weighted by atomic mass is 16.5. The van der Waals surface area contributed by atoms with Crippen LogP contribution in [-0.2, 0) is 4.74 Å². The van der Waals surface area contributed by atoms with Crippen LogP contribution in [0.1, 0.15) is 38.8 Å². The molecule has 0 aromatic heterocycles. The summed E-state index contributed by atoms with van der Waals surface area (Å²) in [4.78, 5) is 0. The first-order valence-electron chi connectivity index (χ1n) is 6.64. The lowest BCUT2D eigenvalue weighted by atomic mass is 9.87. The van der Waals surface area contributed by atoms with Gasteiger partial charge >= 0.3 is 0 Å². The lowest BCUT2D eigenvalue weighted by molar-refractivity contribution is -0.0480. The monoisotopic (exact) mass is 267 g/mol. The molecular formula is C15H25NO3. The van der Waals surface area contributed by atoms with Gasteiger partial charge in [-0.2, -0.15) is 0 Å². The number of rotatable bonds is 7. The molecule has 2 N–H and O–H groups in total. The molecule has 0 amide bonds. The standard InChI is InChI=1S/C15H25NO3/c1-6-15(3,19-7-2)14(16)13-11(17-4)9-8-10-12(13)18-5/h8-10,14H,6-7,16H2,1-5H3.